The van der Waals surface area contributed by atoms with Gasteiger partial charge < -0.3 is 19.9 Å². The minimum absolute atomic E-state index is 0.0726. The molecule has 3 rings (SSSR count). The Hall–Kier alpha value is -2.73. The minimum atomic E-state index is -0.251. The standard InChI is InChI=1S/C21H24ClN3O3/c1-2-21(27)25-12-10-24(11-13-25)19-9-8-16(14-18(19)22)23-20(26)15-28-17-6-4-3-5-7-17/h3-9,14H,2,10-13,15H2,1H3,(H,23,26). The van der Waals surface area contributed by atoms with Crippen LogP contribution >= 0.6 is 11.6 Å². The molecular formula is C21H24ClN3O3. The molecule has 0 aliphatic carbocycles. The first-order valence-electron chi connectivity index (χ1n) is 9.37. The zero-order valence-electron chi connectivity index (χ0n) is 15.9. The van der Waals surface area contributed by atoms with Crippen molar-refractivity contribution in [3.8, 4) is 5.75 Å². The SMILES string of the molecule is CCC(=O)N1CCN(c2ccc(NC(=O)COc3ccccc3)cc2Cl)CC1. The third-order valence-electron chi connectivity index (χ3n) is 4.62. The van der Waals surface area contributed by atoms with Gasteiger partial charge in [-0.2, -0.15) is 0 Å². The average Bonchev–Trinajstić information content (AvgIpc) is 2.73. The van der Waals surface area contributed by atoms with Crippen LogP contribution in [0.5, 0.6) is 5.75 Å². The van der Waals surface area contributed by atoms with Crippen molar-refractivity contribution in [2.24, 2.45) is 0 Å². The summed E-state index contributed by atoms with van der Waals surface area (Å²) in [6.45, 7) is 4.67. The van der Waals surface area contributed by atoms with E-state index in [1.165, 1.54) is 0 Å². The molecule has 1 N–H and O–H groups in total. The van der Waals surface area contributed by atoms with Gasteiger partial charge in [0.05, 0.1) is 10.7 Å². The van der Waals surface area contributed by atoms with Crippen LogP contribution in [0.1, 0.15) is 13.3 Å². The molecule has 28 heavy (non-hydrogen) atoms. The molecule has 2 amide bonds. The van der Waals surface area contributed by atoms with E-state index in [1.807, 2.05) is 42.2 Å². The van der Waals surface area contributed by atoms with Crippen LogP contribution in [0, 0.1) is 0 Å². The summed E-state index contributed by atoms with van der Waals surface area (Å²) in [6.07, 6.45) is 0.531. The molecule has 2 aromatic rings. The number of carbonyl (C=O) groups is 2. The predicted molar refractivity (Wildman–Crippen MR) is 111 cm³/mol. The number of amides is 2. The van der Waals surface area contributed by atoms with E-state index >= 15 is 0 Å². The zero-order valence-corrected chi connectivity index (χ0v) is 16.6. The van der Waals surface area contributed by atoms with E-state index in [4.69, 9.17) is 16.3 Å². The normalized spacial score (nSPS) is 13.9. The molecule has 6 nitrogen and oxygen atoms in total. The fraction of sp³-hybridized carbons (Fsp3) is 0.333. The van der Waals surface area contributed by atoms with E-state index in [2.05, 4.69) is 10.2 Å². The molecule has 1 aliphatic heterocycles. The van der Waals surface area contributed by atoms with E-state index in [1.54, 1.807) is 18.2 Å². The number of benzene rings is 2. The second-order valence-corrected chi connectivity index (χ2v) is 6.94. The van der Waals surface area contributed by atoms with E-state index in [0.29, 0.717) is 36.0 Å². The van der Waals surface area contributed by atoms with E-state index in [9.17, 15) is 9.59 Å². The third-order valence-corrected chi connectivity index (χ3v) is 4.92. The van der Waals surface area contributed by atoms with Gasteiger partial charge in [-0.15, -0.1) is 0 Å². The Balaban J connectivity index is 1.54. The maximum absolute atomic E-state index is 12.1. The van der Waals surface area contributed by atoms with Gasteiger partial charge in [0.1, 0.15) is 5.75 Å². The third kappa shape index (κ3) is 5.16. The number of hydrogen-bond donors (Lipinski definition) is 1. The van der Waals surface area contributed by atoms with Gasteiger partial charge in [-0.25, -0.2) is 0 Å². The highest BCUT2D eigenvalue weighted by molar-refractivity contribution is 6.33. The Morgan fingerprint density at radius 1 is 1.07 bits per heavy atom. The highest BCUT2D eigenvalue weighted by Crippen LogP contribution is 2.29. The number of nitrogens with zero attached hydrogens (tertiary/aromatic N) is 2. The van der Waals surface area contributed by atoms with Gasteiger partial charge >= 0.3 is 0 Å². The molecule has 2 aromatic carbocycles. The fourth-order valence-corrected chi connectivity index (χ4v) is 3.42. The molecular weight excluding hydrogens is 378 g/mol. The van der Waals surface area contributed by atoms with Crippen molar-refractivity contribution < 1.29 is 14.3 Å². The molecule has 7 heteroatoms. The lowest BCUT2D eigenvalue weighted by Crippen LogP contribution is -2.48. The smallest absolute Gasteiger partial charge is 0.262 e. The summed E-state index contributed by atoms with van der Waals surface area (Å²) in [5, 5.41) is 3.36. The molecule has 1 heterocycles. The number of hydrogen-bond acceptors (Lipinski definition) is 4. The molecule has 1 saturated heterocycles. The van der Waals surface area contributed by atoms with Crippen molar-refractivity contribution in [1.82, 2.24) is 4.90 Å². The average molecular weight is 402 g/mol. The summed E-state index contributed by atoms with van der Waals surface area (Å²) in [5.41, 5.74) is 1.53. The lowest BCUT2D eigenvalue weighted by Gasteiger charge is -2.36. The highest BCUT2D eigenvalue weighted by Gasteiger charge is 2.21. The Morgan fingerprint density at radius 3 is 2.43 bits per heavy atom. The maximum atomic E-state index is 12.1. The number of anilines is 2. The largest absolute Gasteiger partial charge is 0.484 e. The molecule has 0 unspecified atom stereocenters. The van der Waals surface area contributed by atoms with Gasteiger partial charge in [0, 0.05) is 38.3 Å². The van der Waals surface area contributed by atoms with Crippen LogP contribution in [0.4, 0.5) is 11.4 Å². The quantitative estimate of drug-likeness (QED) is 0.805. The molecule has 1 fully saturated rings. The van der Waals surface area contributed by atoms with E-state index in [-0.39, 0.29) is 18.4 Å². The molecule has 148 valence electrons. The molecule has 0 atom stereocenters. The first-order chi connectivity index (χ1) is 13.6. The van der Waals surface area contributed by atoms with Crippen LogP contribution in [0.3, 0.4) is 0 Å². The van der Waals surface area contributed by atoms with Crippen molar-refractivity contribution in [3.63, 3.8) is 0 Å². The van der Waals surface area contributed by atoms with Crippen molar-refractivity contribution >= 4 is 34.8 Å². The zero-order chi connectivity index (χ0) is 19.9. The Bertz CT molecular complexity index is 821. The number of piperazine rings is 1. The Morgan fingerprint density at radius 2 is 1.79 bits per heavy atom. The van der Waals surface area contributed by atoms with Crippen LogP contribution in [0.2, 0.25) is 5.02 Å². The molecule has 0 spiro atoms. The number of ether oxygens (including phenoxy) is 1. The first kappa shape index (κ1) is 20.0. The minimum Gasteiger partial charge on any atom is -0.484 e. The Kier molecular flexibility index (Phi) is 6.76. The first-order valence-corrected chi connectivity index (χ1v) is 9.74. The van der Waals surface area contributed by atoms with Crippen LogP contribution < -0.4 is 15.0 Å². The number of halogens is 1. The highest BCUT2D eigenvalue weighted by atomic mass is 35.5. The fourth-order valence-electron chi connectivity index (χ4n) is 3.12. The molecule has 1 aliphatic rings. The molecule has 0 radical (unpaired) electrons. The lowest BCUT2D eigenvalue weighted by atomic mass is 10.2. The van der Waals surface area contributed by atoms with E-state index in [0.717, 1.165) is 18.8 Å². The summed E-state index contributed by atoms with van der Waals surface area (Å²) in [6, 6.07) is 14.6. The summed E-state index contributed by atoms with van der Waals surface area (Å²) in [7, 11) is 0. The topological polar surface area (TPSA) is 61.9 Å². The predicted octanol–water partition coefficient (Wildman–Crippen LogP) is 3.42. The second-order valence-electron chi connectivity index (χ2n) is 6.54. The van der Waals surface area contributed by atoms with Gasteiger partial charge in [-0.1, -0.05) is 36.7 Å². The van der Waals surface area contributed by atoms with Gasteiger partial charge in [0.15, 0.2) is 6.61 Å². The second kappa shape index (κ2) is 9.46. The van der Waals surface area contributed by atoms with Crippen LogP contribution in [0.25, 0.3) is 0 Å². The summed E-state index contributed by atoms with van der Waals surface area (Å²) in [4.78, 5) is 27.9. The van der Waals surface area contributed by atoms with Gasteiger partial charge in [-0.05, 0) is 30.3 Å². The molecule has 0 aromatic heterocycles. The Labute approximate surface area is 170 Å². The van der Waals surface area contributed by atoms with E-state index < -0.39 is 0 Å². The van der Waals surface area contributed by atoms with Crippen LogP contribution in [0.15, 0.2) is 48.5 Å². The monoisotopic (exact) mass is 401 g/mol. The van der Waals surface area contributed by atoms with Crippen LogP contribution in [-0.4, -0.2) is 49.5 Å². The molecule has 0 bridgehead atoms. The summed E-state index contributed by atoms with van der Waals surface area (Å²) in [5.74, 6) is 0.576. The van der Waals surface area contributed by atoms with Gasteiger partial charge in [0.2, 0.25) is 5.91 Å². The number of carbonyl (C=O) groups excluding carboxylic acids is 2. The summed E-state index contributed by atoms with van der Waals surface area (Å²) >= 11 is 6.44. The number of nitrogens with one attached hydrogen (secondary N) is 1. The maximum Gasteiger partial charge on any atom is 0.262 e. The summed E-state index contributed by atoms with van der Waals surface area (Å²) < 4.78 is 5.44. The van der Waals surface area contributed by atoms with Crippen molar-refractivity contribution in [2.75, 3.05) is 43.0 Å². The lowest BCUT2D eigenvalue weighted by molar-refractivity contribution is -0.131. The van der Waals surface area contributed by atoms with Gasteiger partial charge in [0.25, 0.3) is 5.91 Å². The van der Waals surface area contributed by atoms with Crippen molar-refractivity contribution in [3.05, 3.63) is 53.6 Å². The molecule has 0 saturated carbocycles. The van der Waals surface area contributed by atoms with Crippen LogP contribution in [-0.2, 0) is 9.59 Å². The number of rotatable bonds is 6. The van der Waals surface area contributed by atoms with Crippen molar-refractivity contribution in [2.45, 2.75) is 13.3 Å². The number of para-hydroxylation sites is 1. The van der Waals surface area contributed by atoms with Gasteiger partial charge in [-0.3, -0.25) is 9.59 Å². The van der Waals surface area contributed by atoms with Crippen molar-refractivity contribution in [1.29, 1.82) is 0 Å².